The first-order valence-corrected chi connectivity index (χ1v) is 6.99. The monoisotopic (exact) mass is 408 g/mol. The number of hydrogen-bond donors (Lipinski definition) is 1. The number of rotatable bonds is 2. The van der Waals surface area contributed by atoms with Crippen molar-refractivity contribution in [3.63, 3.8) is 0 Å². The van der Waals surface area contributed by atoms with Gasteiger partial charge in [-0.25, -0.2) is 4.68 Å². The van der Waals surface area contributed by atoms with Crippen LogP contribution < -0.4 is 0 Å². The van der Waals surface area contributed by atoms with Gasteiger partial charge in [0.1, 0.15) is 11.3 Å². The predicted octanol–water partition coefficient (Wildman–Crippen LogP) is 5.29. The van der Waals surface area contributed by atoms with Crippen LogP contribution in [0.3, 0.4) is 0 Å². The van der Waals surface area contributed by atoms with Gasteiger partial charge in [0.25, 0.3) is 0 Å². The molecule has 0 fully saturated rings. The van der Waals surface area contributed by atoms with Crippen molar-refractivity contribution in [3.8, 4) is 5.69 Å². The number of hydrogen-bond acceptors (Lipinski definition) is 2. The highest BCUT2D eigenvalue weighted by atomic mass is 35.5. The lowest BCUT2D eigenvalue weighted by Crippen LogP contribution is -2.08. The fourth-order valence-corrected chi connectivity index (χ4v) is 2.63. The summed E-state index contributed by atoms with van der Waals surface area (Å²) in [5, 5.41) is 0.916. The summed E-state index contributed by atoms with van der Waals surface area (Å²) in [5.41, 5.74) is -4.07. The standard InChI is InChI=1S/C12H4Cl2F6N2OS/c13-6-1-4(11(15,16)17)2-7(14)9(6)22-3-5(12(18,19)20)8(21-22)10(23)24/h1-3H,(H,23,24). The van der Waals surface area contributed by atoms with Crippen LogP contribution in [-0.4, -0.2) is 14.9 Å². The highest BCUT2D eigenvalue weighted by Crippen LogP contribution is 2.39. The molecule has 0 aliphatic carbocycles. The van der Waals surface area contributed by atoms with Crippen molar-refractivity contribution in [2.75, 3.05) is 0 Å². The van der Waals surface area contributed by atoms with Gasteiger partial charge in [-0.05, 0) is 12.1 Å². The van der Waals surface area contributed by atoms with E-state index in [0.29, 0.717) is 23.0 Å². The summed E-state index contributed by atoms with van der Waals surface area (Å²) in [4.78, 5) is 11.2. The Kier molecular flexibility index (Phi) is 4.86. The molecular formula is C12H4Cl2F6N2OS. The molecule has 1 heterocycles. The second-order valence-electron chi connectivity index (χ2n) is 4.43. The topological polar surface area (TPSA) is 34.9 Å². The van der Waals surface area contributed by atoms with Gasteiger partial charge in [0, 0.05) is 6.20 Å². The maximum absolute atomic E-state index is 12.9. The minimum atomic E-state index is -4.93. The van der Waals surface area contributed by atoms with Crippen LogP contribution in [0.15, 0.2) is 18.3 Å². The second kappa shape index (κ2) is 6.16. The van der Waals surface area contributed by atoms with E-state index in [4.69, 9.17) is 23.2 Å². The molecule has 12 heteroatoms. The number of thiol groups is 1. The molecule has 0 radical (unpaired) electrons. The summed E-state index contributed by atoms with van der Waals surface area (Å²) in [6, 6.07) is 0.972. The summed E-state index contributed by atoms with van der Waals surface area (Å²) in [7, 11) is 0. The van der Waals surface area contributed by atoms with Gasteiger partial charge in [-0.2, -0.15) is 31.4 Å². The molecule has 3 nitrogen and oxygen atoms in total. The van der Waals surface area contributed by atoms with Crippen molar-refractivity contribution in [2.24, 2.45) is 0 Å². The third-order valence-corrected chi connectivity index (χ3v) is 3.58. The first-order chi connectivity index (χ1) is 10.8. The predicted molar refractivity (Wildman–Crippen MR) is 76.9 cm³/mol. The molecule has 0 saturated carbocycles. The second-order valence-corrected chi connectivity index (χ2v) is 5.65. The summed E-state index contributed by atoms with van der Waals surface area (Å²) in [6.45, 7) is 0. The van der Waals surface area contributed by atoms with Crippen LogP contribution in [0.5, 0.6) is 0 Å². The van der Waals surface area contributed by atoms with Gasteiger partial charge in [0.2, 0.25) is 5.12 Å². The van der Waals surface area contributed by atoms with Gasteiger partial charge in [0.05, 0.1) is 15.6 Å². The van der Waals surface area contributed by atoms with E-state index in [1.807, 2.05) is 0 Å². The van der Waals surface area contributed by atoms with E-state index >= 15 is 0 Å². The minimum Gasteiger partial charge on any atom is -0.280 e. The molecule has 0 spiro atoms. The van der Waals surface area contributed by atoms with E-state index in [-0.39, 0.29) is 0 Å². The SMILES string of the molecule is O=C(S)c1nn(-c2c(Cl)cc(C(F)(F)F)cc2Cl)cc1C(F)(F)F. The van der Waals surface area contributed by atoms with Crippen molar-refractivity contribution in [2.45, 2.75) is 12.4 Å². The minimum absolute atomic E-state index is 0.393. The summed E-state index contributed by atoms with van der Waals surface area (Å²) >= 11 is 14.7. The van der Waals surface area contributed by atoms with Crippen LogP contribution in [-0.2, 0) is 12.4 Å². The van der Waals surface area contributed by atoms with E-state index in [0.717, 1.165) is 0 Å². The molecule has 2 aromatic rings. The number of alkyl halides is 6. The molecule has 0 atom stereocenters. The van der Waals surface area contributed by atoms with Crippen molar-refractivity contribution < 1.29 is 31.1 Å². The van der Waals surface area contributed by atoms with Gasteiger partial charge >= 0.3 is 12.4 Å². The van der Waals surface area contributed by atoms with E-state index in [9.17, 15) is 31.1 Å². The first kappa shape index (κ1) is 18.9. The van der Waals surface area contributed by atoms with Gasteiger partial charge in [-0.15, -0.1) is 0 Å². The van der Waals surface area contributed by atoms with Crippen LogP contribution in [0.4, 0.5) is 26.3 Å². The molecule has 130 valence electrons. The molecule has 2 rings (SSSR count). The molecule has 0 aliphatic heterocycles. The highest BCUT2D eigenvalue weighted by Gasteiger charge is 2.38. The number of benzene rings is 1. The van der Waals surface area contributed by atoms with Crippen LogP contribution in [0.1, 0.15) is 21.6 Å². The van der Waals surface area contributed by atoms with E-state index in [1.54, 1.807) is 0 Å². The fraction of sp³-hybridized carbons (Fsp3) is 0.167. The summed E-state index contributed by atoms with van der Waals surface area (Å²) < 4.78 is 77.2. The maximum Gasteiger partial charge on any atom is 0.420 e. The Morgan fingerprint density at radius 1 is 1.04 bits per heavy atom. The molecule has 0 amide bonds. The Balaban J connectivity index is 2.68. The third kappa shape index (κ3) is 3.65. The zero-order chi connectivity index (χ0) is 18.4. The van der Waals surface area contributed by atoms with Gasteiger partial charge in [-0.1, -0.05) is 35.8 Å². The average Bonchev–Trinajstić information content (AvgIpc) is 2.81. The third-order valence-electron chi connectivity index (χ3n) is 2.80. The van der Waals surface area contributed by atoms with Gasteiger partial charge in [0.15, 0.2) is 5.69 Å². The molecule has 0 bridgehead atoms. The number of nitrogens with zero attached hydrogens (tertiary/aromatic N) is 2. The first-order valence-electron chi connectivity index (χ1n) is 5.79. The fourth-order valence-electron chi connectivity index (χ4n) is 1.80. The van der Waals surface area contributed by atoms with Crippen LogP contribution in [0, 0.1) is 0 Å². The molecule has 0 N–H and O–H groups in total. The molecule has 0 unspecified atom stereocenters. The van der Waals surface area contributed by atoms with E-state index < -0.39 is 50.0 Å². The van der Waals surface area contributed by atoms with Crippen molar-refractivity contribution in [1.82, 2.24) is 9.78 Å². The number of aromatic nitrogens is 2. The van der Waals surface area contributed by atoms with Crippen molar-refractivity contribution >= 4 is 40.9 Å². The molecular weight excluding hydrogens is 405 g/mol. The Hall–Kier alpha value is -1.39. The lowest BCUT2D eigenvalue weighted by atomic mass is 10.2. The number of halogens is 8. The van der Waals surface area contributed by atoms with E-state index in [2.05, 4.69) is 17.7 Å². The lowest BCUT2D eigenvalue weighted by Gasteiger charge is -2.12. The molecule has 1 aromatic carbocycles. The number of carbonyl (C=O) groups excluding carboxylic acids is 1. The molecule has 1 aromatic heterocycles. The lowest BCUT2D eigenvalue weighted by molar-refractivity contribution is -0.138. The average molecular weight is 409 g/mol. The Labute approximate surface area is 145 Å². The van der Waals surface area contributed by atoms with Crippen molar-refractivity contribution in [1.29, 1.82) is 0 Å². The smallest absolute Gasteiger partial charge is 0.280 e. The number of carbonyl (C=O) groups is 1. The zero-order valence-corrected chi connectivity index (χ0v) is 13.4. The largest absolute Gasteiger partial charge is 0.420 e. The Morgan fingerprint density at radius 3 is 1.88 bits per heavy atom. The van der Waals surface area contributed by atoms with Gasteiger partial charge in [-0.3, -0.25) is 4.79 Å². The van der Waals surface area contributed by atoms with E-state index in [1.165, 1.54) is 0 Å². The zero-order valence-electron chi connectivity index (χ0n) is 11.0. The normalized spacial score (nSPS) is 12.5. The molecule has 0 saturated heterocycles. The van der Waals surface area contributed by atoms with Crippen LogP contribution >= 0.6 is 35.8 Å². The summed E-state index contributed by atoms with van der Waals surface area (Å²) in [6.07, 6.45) is -9.29. The van der Waals surface area contributed by atoms with Crippen LogP contribution in [0.25, 0.3) is 5.69 Å². The quantitative estimate of drug-likeness (QED) is 0.541. The summed E-state index contributed by atoms with van der Waals surface area (Å²) in [5.74, 6) is 0. The Bertz CT molecular complexity index is 792. The molecule has 0 aliphatic rings. The van der Waals surface area contributed by atoms with Crippen molar-refractivity contribution in [3.05, 3.63) is 45.2 Å². The highest BCUT2D eigenvalue weighted by molar-refractivity contribution is 7.97. The Morgan fingerprint density at radius 2 is 1.54 bits per heavy atom. The van der Waals surface area contributed by atoms with Crippen LogP contribution in [0.2, 0.25) is 10.0 Å². The maximum atomic E-state index is 12.9. The molecule has 24 heavy (non-hydrogen) atoms. The van der Waals surface area contributed by atoms with Gasteiger partial charge < -0.3 is 0 Å².